The van der Waals surface area contributed by atoms with Crippen LogP contribution in [0.3, 0.4) is 0 Å². The second kappa shape index (κ2) is 14.1. The van der Waals surface area contributed by atoms with Crippen LogP contribution in [0.25, 0.3) is 0 Å². The Hall–Kier alpha value is -1.94. The monoisotopic (exact) mass is 527 g/mol. The van der Waals surface area contributed by atoms with Crippen molar-refractivity contribution in [1.29, 1.82) is 0 Å². The second-order valence-electron chi connectivity index (χ2n) is 9.86. The van der Waals surface area contributed by atoms with E-state index >= 15 is 0 Å². The molecule has 1 atom stereocenters. The van der Waals surface area contributed by atoms with E-state index in [2.05, 4.69) is 79.8 Å². The molecule has 0 radical (unpaired) electrons. The van der Waals surface area contributed by atoms with Crippen LogP contribution in [0.4, 0.5) is 0 Å². The quantitative estimate of drug-likeness (QED) is 0.151. The normalized spacial score (nSPS) is 12.6. The van der Waals surface area contributed by atoms with Crippen LogP contribution in [0.2, 0.25) is 5.02 Å². The minimum atomic E-state index is -3.89. The molecule has 0 aliphatic rings. The van der Waals surface area contributed by atoms with Crippen LogP contribution in [0.15, 0.2) is 66.7 Å². The number of unbranched alkanes of at least 4 members (excludes halogenated alkanes) is 1. The lowest BCUT2D eigenvalue weighted by Gasteiger charge is -2.19. The molecule has 3 aromatic carbocycles. The van der Waals surface area contributed by atoms with Gasteiger partial charge < -0.3 is 15.1 Å². The summed E-state index contributed by atoms with van der Waals surface area (Å²) in [5, 5.41) is 4.05. The van der Waals surface area contributed by atoms with Crippen molar-refractivity contribution in [2.75, 3.05) is 12.7 Å². The van der Waals surface area contributed by atoms with E-state index in [0.29, 0.717) is 25.4 Å². The van der Waals surface area contributed by atoms with Crippen LogP contribution in [0, 0.1) is 13.8 Å². The molecule has 1 unspecified atom stereocenters. The van der Waals surface area contributed by atoms with Crippen LogP contribution < -0.4 is 5.32 Å². The minimum Gasteiger partial charge on any atom is -0.324 e. The fourth-order valence-electron chi connectivity index (χ4n) is 4.55. The highest BCUT2D eigenvalue weighted by atomic mass is 35.5. The second-order valence-corrected chi connectivity index (χ2v) is 12.1. The van der Waals surface area contributed by atoms with Gasteiger partial charge in [-0.25, -0.2) is 0 Å². The highest BCUT2D eigenvalue weighted by molar-refractivity contribution is 7.51. The van der Waals surface area contributed by atoms with Gasteiger partial charge in [-0.05, 0) is 104 Å². The molecule has 6 heteroatoms. The molecule has 4 nitrogen and oxygen atoms in total. The number of halogens is 1. The van der Waals surface area contributed by atoms with Gasteiger partial charge >= 0.3 is 7.60 Å². The van der Waals surface area contributed by atoms with Gasteiger partial charge in [-0.3, -0.25) is 4.57 Å². The van der Waals surface area contributed by atoms with Crippen LogP contribution >= 0.6 is 19.2 Å². The lowest BCUT2D eigenvalue weighted by atomic mass is 9.86. The van der Waals surface area contributed by atoms with Crippen LogP contribution in [0.5, 0.6) is 0 Å². The lowest BCUT2D eigenvalue weighted by Crippen LogP contribution is -2.15. The van der Waals surface area contributed by atoms with E-state index < -0.39 is 7.60 Å². The molecular formula is C30H39ClNO3P. The third-order valence-corrected chi connectivity index (χ3v) is 7.93. The average molecular weight is 528 g/mol. The Morgan fingerprint density at radius 1 is 0.861 bits per heavy atom. The first-order chi connectivity index (χ1) is 17.2. The Kier molecular flexibility index (Phi) is 11.2. The summed E-state index contributed by atoms with van der Waals surface area (Å²) in [5.74, 6) is 0.449. The molecule has 194 valence electrons. The molecule has 0 aliphatic heterocycles. The zero-order valence-corrected chi connectivity index (χ0v) is 23.1. The molecule has 0 aromatic heterocycles. The van der Waals surface area contributed by atoms with Crippen LogP contribution in [0.1, 0.15) is 65.0 Å². The van der Waals surface area contributed by atoms with E-state index in [-0.39, 0.29) is 6.16 Å². The van der Waals surface area contributed by atoms with Crippen molar-refractivity contribution >= 4 is 19.2 Å². The van der Waals surface area contributed by atoms with Gasteiger partial charge in [0.05, 0.1) is 6.16 Å². The Bertz CT molecular complexity index is 1140. The van der Waals surface area contributed by atoms with Crippen molar-refractivity contribution in [3.8, 4) is 0 Å². The highest BCUT2D eigenvalue weighted by Gasteiger charge is 2.14. The van der Waals surface area contributed by atoms with E-state index in [0.717, 1.165) is 37.1 Å². The standard InChI is InChI=1S/C30H39ClNO3P/c1-23-11-12-27(19-24(23)2)20-28(29-9-5-10-30(31)21-29)8-4-3-7-25-13-15-26(16-14-25)22-32-17-6-18-36(33,34)35/h5,9-16,19,21,28,32H,3-4,6-8,17-18,20,22H2,1-2H3,(H2,33,34,35). The predicted molar refractivity (Wildman–Crippen MR) is 151 cm³/mol. The molecule has 0 saturated heterocycles. The number of hydrogen-bond acceptors (Lipinski definition) is 2. The first kappa shape index (κ1) is 28.6. The van der Waals surface area contributed by atoms with Gasteiger partial charge in [0, 0.05) is 11.6 Å². The first-order valence-electron chi connectivity index (χ1n) is 12.8. The largest absolute Gasteiger partial charge is 0.325 e. The Morgan fingerprint density at radius 3 is 2.28 bits per heavy atom. The zero-order valence-electron chi connectivity index (χ0n) is 21.4. The van der Waals surface area contributed by atoms with E-state index in [4.69, 9.17) is 21.4 Å². The lowest BCUT2D eigenvalue weighted by molar-refractivity contribution is 0.371. The van der Waals surface area contributed by atoms with Crippen molar-refractivity contribution in [3.63, 3.8) is 0 Å². The van der Waals surface area contributed by atoms with E-state index in [1.54, 1.807) is 0 Å². The molecular weight excluding hydrogens is 489 g/mol. The number of nitrogens with one attached hydrogen (secondary N) is 1. The minimum absolute atomic E-state index is 0.0677. The summed E-state index contributed by atoms with van der Waals surface area (Å²) >= 11 is 6.32. The van der Waals surface area contributed by atoms with E-state index in [9.17, 15) is 4.57 Å². The molecule has 3 aromatic rings. The van der Waals surface area contributed by atoms with Gasteiger partial charge in [-0.2, -0.15) is 0 Å². The molecule has 0 aliphatic carbocycles. The molecule has 36 heavy (non-hydrogen) atoms. The Morgan fingerprint density at radius 2 is 1.58 bits per heavy atom. The van der Waals surface area contributed by atoms with Crippen LogP contribution in [-0.2, 0) is 24.0 Å². The van der Waals surface area contributed by atoms with Crippen molar-refractivity contribution in [2.45, 2.75) is 64.8 Å². The molecule has 0 bridgehead atoms. The molecule has 0 saturated carbocycles. The summed E-state index contributed by atoms with van der Waals surface area (Å²) in [5.41, 5.74) is 7.90. The summed E-state index contributed by atoms with van der Waals surface area (Å²) in [4.78, 5) is 17.8. The Balaban J connectivity index is 1.47. The molecule has 3 N–H and O–H groups in total. The Labute approximate surface area is 221 Å². The molecule has 0 fully saturated rings. The van der Waals surface area contributed by atoms with Gasteiger partial charge in [0.1, 0.15) is 0 Å². The maximum absolute atomic E-state index is 10.9. The third kappa shape index (κ3) is 10.2. The van der Waals surface area contributed by atoms with E-state index in [1.165, 1.54) is 33.4 Å². The summed E-state index contributed by atoms with van der Waals surface area (Å²) in [7, 11) is -3.89. The van der Waals surface area contributed by atoms with Gasteiger partial charge in [0.25, 0.3) is 0 Å². The van der Waals surface area contributed by atoms with E-state index in [1.807, 2.05) is 6.07 Å². The SMILES string of the molecule is Cc1ccc(CC(CCCCc2ccc(CNCCCP(=O)(O)O)cc2)c2cccc(Cl)c2)cc1C. The summed E-state index contributed by atoms with van der Waals surface area (Å²) in [6.07, 6.45) is 5.92. The predicted octanol–water partition coefficient (Wildman–Crippen LogP) is 7.35. The van der Waals surface area contributed by atoms with Crippen molar-refractivity contribution in [1.82, 2.24) is 5.32 Å². The first-order valence-corrected chi connectivity index (χ1v) is 15.0. The van der Waals surface area contributed by atoms with Crippen LogP contribution in [-0.4, -0.2) is 22.5 Å². The van der Waals surface area contributed by atoms with Gasteiger partial charge in [0.2, 0.25) is 0 Å². The molecule has 0 heterocycles. The smallest absolute Gasteiger partial charge is 0.324 e. The number of aryl methyl sites for hydroxylation is 3. The van der Waals surface area contributed by atoms with Gasteiger partial charge in [-0.1, -0.05) is 72.6 Å². The fourth-order valence-corrected chi connectivity index (χ4v) is 5.32. The van der Waals surface area contributed by atoms with Crippen molar-refractivity contribution in [2.24, 2.45) is 0 Å². The van der Waals surface area contributed by atoms with Gasteiger partial charge in [-0.15, -0.1) is 0 Å². The molecule has 3 rings (SSSR count). The molecule has 0 amide bonds. The average Bonchev–Trinajstić information content (AvgIpc) is 2.83. The highest BCUT2D eigenvalue weighted by Crippen LogP contribution is 2.34. The van der Waals surface area contributed by atoms with Gasteiger partial charge in [0.15, 0.2) is 0 Å². The number of rotatable bonds is 14. The third-order valence-electron chi connectivity index (χ3n) is 6.80. The molecule has 0 spiro atoms. The topological polar surface area (TPSA) is 69.6 Å². The zero-order chi connectivity index (χ0) is 26.0. The summed E-state index contributed by atoms with van der Waals surface area (Å²) in [6.45, 7) is 5.65. The van der Waals surface area contributed by atoms with Crippen molar-refractivity contribution < 1.29 is 14.4 Å². The maximum Gasteiger partial charge on any atom is 0.325 e. The summed E-state index contributed by atoms with van der Waals surface area (Å²) < 4.78 is 10.9. The summed E-state index contributed by atoms with van der Waals surface area (Å²) in [6, 6.07) is 23.8. The number of hydrogen-bond donors (Lipinski definition) is 3. The number of benzene rings is 3. The van der Waals surface area contributed by atoms with Crippen molar-refractivity contribution in [3.05, 3.63) is 105 Å². The maximum atomic E-state index is 10.9. The fraction of sp³-hybridized carbons (Fsp3) is 0.400.